The first-order chi connectivity index (χ1) is 19.9. The van der Waals surface area contributed by atoms with E-state index in [2.05, 4.69) is 6.92 Å². The number of benzene rings is 3. The van der Waals surface area contributed by atoms with E-state index in [9.17, 15) is 14.7 Å². The van der Waals surface area contributed by atoms with E-state index >= 15 is 0 Å². The monoisotopic (exact) mass is 555 g/mol. The molecule has 2 aliphatic heterocycles. The first-order valence-corrected chi connectivity index (χ1v) is 14.4. The SMILES string of the molecule is CCCCCOc1ccc([C@@H]2/C(=C(\O)c3ccc4c(c3)C[C@@H](C)O4)C(=O)C(=O)N2Cc2ccccc2)cc1OCC. The second kappa shape index (κ2) is 12.5. The molecule has 3 aromatic carbocycles. The van der Waals surface area contributed by atoms with Gasteiger partial charge in [-0.25, -0.2) is 0 Å². The number of unbranched alkanes of at least 4 members (excludes halogenated alkanes) is 2. The van der Waals surface area contributed by atoms with Crippen LogP contribution in [0.15, 0.2) is 72.3 Å². The maximum atomic E-state index is 13.6. The van der Waals surface area contributed by atoms with Crippen molar-refractivity contribution in [2.45, 2.75) is 65.1 Å². The molecule has 3 aromatic rings. The Morgan fingerprint density at radius 3 is 2.54 bits per heavy atom. The van der Waals surface area contributed by atoms with Crippen molar-refractivity contribution in [2.75, 3.05) is 13.2 Å². The van der Waals surface area contributed by atoms with Crippen LogP contribution in [0.2, 0.25) is 0 Å². The highest BCUT2D eigenvalue weighted by Gasteiger charge is 2.46. The Morgan fingerprint density at radius 1 is 0.976 bits per heavy atom. The van der Waals surface area contributed by atoms with Gasteiger partial charge in [-0.15, -0.1) is 0 Å². The average molecular weight is 556 g/mol. The second-order valence-electron chi connectivity index (χ2n) is 10.6. The highest BCUT2D eigenvalue weighted by Crippen LogP contribution is 2.43. The third-order valence-electron chi connectivity index (χ3n) is 7.49. The summed E-state index contributed by atoms with van der Waals surface area (Å²) in [5, 5.41) is 11.6. The van der Waals surface area contributed by atoms with Gasteiger partial charge in [0, 0.05) is 18.5 Å². The van der Waals surface area contributed by atoms with E-state index in [4.69, 9.17) is 14.2 Å². The van der Waals surface area contributed by atoms with Crippen LogP contribution in [-0.4, -0.2) is 41.0 Å². The fourth-order valence-corrected chi connectivity index (χ4v) is 5.51. The Balaban J connectivity index is 1.59. The fraction of sp³-hybridized carbons (Fsp3) is 0.353. The lowest BCUT2D eigenvalue weighted by Crippen LogP contribution is -2.29. The molecule has 1 amide bonds. The molecule has 2 aliphatic rings. The minimum atomic E-state index is -0.813. The summed E-state index contributed by atoms with van der Waals surface area (Å²) < 4.78 is 17.8. The van der Waals surface area contributed by atoms with E-state index in [0.29, 0.717) is 42.3 Å². The van der Waals surface area contributed by atoms with Crippen molar-refractivity contribution in [1.82, 2.24) is 4.90 Å². The predicted molar refractivity (Wildman–Crippen MR) is 157 cm³/mol. The molecule has 1 fully saturated rings. The maximum Gasteiger partial charge on any atom is 0.295 e. The van der Waals surface area contributed by atoms with Crippen LogP contribution in [0, 0.1) is 0 Å². The number of carbonyl (C=O) groups excluding carboxylic acids is 2. The predicted octanol–water partition coefficient (Wildman–Crippen LogP) is 6.60. The normalized spacial score (nSPS) is 19.2. The molecule has 7 nitrogen and oxygen atoms in total. The molecule has 0 radical (unpaired) electrons. The number of fused-ring (bicyclic) bond motifs is 1. The summed E-state index contributed by atoms with van der Waals surface area (Å²) in [7, 11) is 0. The molecular formula is C34H37NO6. The largest absolute Gasteiger partial charge is 0.507 e. The standard InChI is InChI=1S/C34H37NO6/c1-4-6-10-17-40-28-16-13-24(20-29(28)39-5-2)31-30(32(36)25-14-15-27-26(19-25)18-22(3)41-27)33(37)34(38)35(31)21-23-11-8-7-9-12-23/h7-9,11-16,19-20,22,31,36H,4-6,10,17-18,21H2,1-3H3/b32-30+/t22-,31-/m1/s1. The summed E-state index contributed by atoms with van der Waals surface area (Å²) in [5.74, 6) is 0.341. The number of rotatable bonds is 11. The van der Waals surface area contributed by atoms with Crippen molar-refractivity contribution in [3.05, 3.63) is 94.6 Å². The van der Waals surface area contributed by atoms with Crippen LogP contribution in [-0.2, 0) is 22.6 Å². The van der Waals surface area contributed by atoms with Crippen molar-refractivity contribution in [3.63, 3.8) is 0 Å². The number of likely N-dealkylation sites (tertiary alicyclic amines) is 1. The molecule has 0 spiro atoms. The fourth-order valence-electron chi connectivity index (χ4n) is 5.51. The van der Waals surface area contributed by atoms with Crippen molar-refractivity contribution in [1.29, 1.82) is 0 Å². The number of nitrogens with zero attached hydrogens (tertiary/aromatic N) is 1. The molecule has 7 heteroatoms. The molecular weight excluding hydrogens is 518 g/mol. The Bertz CT molecular complexity index is 1450. The first kappa shape index (κ1) is 28.3. The molecule has 0 unspecified atom stereocenters. The number of Topliss-reactive ketones (excluding diaryl/α,β-unsaturated/α-hetero) is 1. The number of ketones is 1. The minimum Gasteiger partial charge on any atom is -0.507 e. The van der Waals surface area contributed by atoms with Crippen molar-refractivity contribution in [2.24, 2.45) is 0 Å². The summed E-state index contributed by atoms with van der Waals surface area (Å²) in [5.41, 5.74) is 3.02. The lowest BCUT2D eigenvalue weighted by Gasteiger charge is -2.26. The third-order valence-corrected chi connectivity index (χ3v) is 7.49. The highest BCUT2D eigenvalue weighted by atomic mass is 16.5. The summed E-state index contributed by atoms with van der Waals surface area (Å²) in [6, 6.07) is 19.6. The summed E-state index contributed by atoms with van der Waals surface area (Å²) >= 11 is 0. The van der Waals surface area contributed by atoms with Crippen LogP contribution in [0.4, 0.5) is 0 Å². The van der Waals surface area contributed by atoms with Crippen molar-refractivity contribution >= 4 is 17.4 Å². The van der Waals surface area contributed by atoms with Gasteiger partial charge >= 0.3 is 0 Å². The van der Waals surface area contributed by atoms with E-state index < -0.39 is 17.7 Å². The van der Waals surface area contributed by atoms with Gasteiger partial charge in [-0.2, -0.15) is 0 Å². The second-order valence-corrected chi connectivity index (χ2v) is 10.6. The third kappa shape index (κ3) is 5.94. The van der Waals surface area contributed by atoms with E-state index in [0.717, 1.165) is 36.1 Å². The quantitative estimate of drug-likeness (QED) is 0.124. The van der Waals surface area contributed by atoms with Crippen LogP contribution in [0.5, 0.6) is 17.2 Å². The van der Waals surface area contributed by atoms with Crippen LogP contribution >= 0.6 is 0 Å². The Hall–Kier alpha value is -4.26. The van der Waals surface area contributed by atoms with Crippen molar-refractivity contribution < 1.29 is 28.9 Å². The summed E-state index contributed by atoms with van der Waals surface area (Å²) in [6.07, 6.45) is 3.85. The van der Waals surface area contributed by atoms with Gasteiger partial charge in [-0.3, -0.25) is 9.59 Å². The lowest BCUT2D eigenvalue weighted by atomic mass is 9.94. The lowest BCUT2D eigenvalue weighted by molar-refractivity contribution is -0.140. The van der Waals surface area contributed by atoms with Crippen LogP contribution in [0.3, 0.4) is 0 Å². The molecule has 0 aromatic heterocycles. The molecule has 2 heterocycles. The van der Waals surface area contributed by atoms with Gasteiger partial charge < -0.3 is 24.2 Å². The zero-order valence-corrected chi connectivity index (χ0v) is 23.9. The van der Waals surface area contributed by atoms with Crippen LogP contribution in [0.25, 0.3) is 5.76 Å². The van der Waals surface area contributed by atoms with E-state index in [1.54, 1.807) is 12.1 Å². The van der Waals surface area contributed by atoms with Crippen molar-refractivity contribution in [3.8, 4) is 17.2 Å². The maximum absolute atomic E-state index is 13.6. The van der Waals surface area contributed by atoms with Gasteiger partial charge in [-0.1, -0.05) is 56.2 Å². The Morgan fingerprint density at radius 2 is 1.78 bits per heavy atom. The zero-order chi connectivity index (χ0) is 28.9. The number of amides is 1. The molecule has 2 atom stereocenters. The van der Waals surface area contributed by atoms with Gasteiger partial charge in [0.25, 0.3) is 11.7 Å². The average Bonchev–Trinajstić information content (AvgIpc) is 3.47. The topological polar surface area (TPSA) is 85.3 Å². The van der Waals surface area contributed by atoms with E-state index in [-0.39, 0.29) is 24.0 Å². The number of aliphatic hydroxyl groups excluding tert-OH is 1. The summed E-state index contributed by atoms with van der Waals surface area (Å²) in [4.78, 5) is 28.6. The minimum absolute atomic E-state index is 0.0403. The van der Waals surface area contributed by atoms with Crippen LogP contribution in [0.1, 0.15) is 68.3 Å². The number of carbonyl (C=O) groups is 2. The Labute approximate surface area is 241 Å². The highest BCUT2D eigenvalue weighted by molar-refractivity contribution is 6.46. The van der Waals surface area contributed by atoms with Gasteiger partial charge in [0.2, 0.25) is 0 Å². The Kier molecular flexibility index (Phi) is 8.62. The molecule has 41 heavy (non-hydrogen) atoms. The first-order valence-electron chi connectivity index (χ1n) is 14.4. The molecule has 0 bridgehead atoms. The number of hydrogen-bond donors (Lipinski definition) is 1. The van der Waals surface area contributed by atoms with E-state index in [1.165, 1.54) is 4.90 Å². The van der Waals surface area contributed by atoms with Gasteiger partial charge in [0.15, 0.2) is 11.5 Å². The molecule has 1 saturated heterocycles. The molecule has 5 rings (SSSR count). The van der Waals surface area contributed by atoms with Gasteiger partial charge in [-0.05, 0) is 67.3 Å². The molecule has 0 aliphatic carbocycles. The smallest absolute Gasteiger partial charge is 0.295 e. The van der Waals surface area contributed by atoms with E-state index in [1.807, 2.05) is 68.4 Å². The summed E-state index contributed by atoms with van der Waals surface area (Å²) in [6.45, 7) is 7.23. The molecule has 0 saturated carbocycles. The molecule has 1 N–H and O–H groups in total. The molecule has 214 valence electrons. The number of aliphatic hydroxyl groups is 1. The number of ether oxygens (including phenoxy) is 3. The van der Waals surface area contributed by atoms with Gasteiger partial charge in [0.1, 0.15) is 17.6 Å². The number of hydrogen-bond acceptors (Lipinski definition) is 6. The zero-order valence-electron chi connectivity index (χ0n) is 23.9. The van der Waals surface area contributed by atoms with Gasteiger partial charge in [0.05, 0.1) is 24.8 Å². The van der Waals surface area contributed by atoms with Crippen LogP contribution < -0.4 is 14.2 Å².